The van der Waals surface area contributed by atoms with Crippen LogP contribution in [0.3, 0.4) is 0 Å². The van der Waals surface area contributed by atoms with Gasteiger partial charge in [0.2, 0.25) is 0 Å². The highest BCUT2D eigenvalue weighted by Gasteiger charge is 2.14. The van der Waals surface area contributed by atoms with E-state index in [1.54, 1.807) is 0 Å². The van der Waals surface area contributed by atoms with Gasteiger partial charge in [0.25, 0.3) is 0 Å². The van der Waals surface area contributed by atoms with E-state index in [1.807, 2.05) is 6.20 Å². The molecule has 2 rings (SSSR count). The van der Waals surface area contributed by atoms with Crippen LogP contribution in [0.4, 0.5) is 0 Å². The van der Waals surface area contributed by atoms with Crippen molar-refractivity contribution in [2.75, 3.05) is 13.6 Å². The Kier molecular flexibility index (Phi) is 4.59. The van der Waals surface area contributed by atoms with E-state index in [-0.39, 0.29) is 0 Å². The van der Waals surface area contributed by atoms with E-state index >= 15 is 0 Å². The summed E-state index contributed by atoms with van der Waals surface area (Å²) in [6, 6.07) is 0. The molecule has 0 N–H and O–H groups in total. The van der Waals surface area contributed by atoms with Gasteiger partial charge in [-0.15, -0.1) is 0 Å². The molecule has 18 heavy (non-hydrogen) atoms. The average molecular weight is 247 g/mol. The molecule has 3 heteroatoms. The van der Waals surface area contributed by atoms with Gasteiger partial charge < -0.3 is 4.90 Å². The van der Waals surface area contributed by atoms with Crippen molar-refractivity contribution in [1.29, 1.82) is 0 Å². The summed E-state index contributed by atoms with van der Waals surface area (Å²) in [7, 11) is 2.22. The highest BCUT2D eigenvalue weighted by Crippen LogP contribution is 2.20. The molecule has 0 aliphatic heterocycles. The molecule has 0 bridgehead atoms. The predicted molar refractivity (Wildman–Crippen MR) is 75.5 cm³/mol. The summed E-state index contributed by atoms with van der Waals surface area (Å²) in [5, 5.41) is 4.41. The van der Waals surface area contributed by atoms with E-state index in [1.165, 1.54) is 37.1 Å². The molecule has 1 atom stereocenters. The normalized spacial score (nSPS) is 19.7. The largest absolute Gasteiger partial charge is 0.302 e. The van der Waals surface area contributed by atoms with Crippen LogP contribution in [0.25, 0.3) is 0 Å². The molecule has 100 valence electrons. The Morgan fingerprint density at radius 1 is 1.44 bits per heavy atom. The molecule has 0 fully saturated rings. The minimum absolute atomic E-state index is 0.835. The van der Waals surface area contributed by atoms with Crippen molar-refractivity contribution >= 4 is 0 Å². The third kappa shape index (κ3) is 3.22. The zero-order valence-corrected chi connectivity index (χ0v) is 11.9. The molecule has 0 saturated heterocycles. The predicted octanol–water partition coefficient (Wildman–Crippen LogP) is 3.00. The first-order valence-electron chi connectivity index (χ1n) is 7.05. The van der Waals surface area contributed by atoms with Gasteiger partial charge in [-0.3, -0.25) is 4.68 Å². The van der Waals surface area contributed by atoms with Gasteiger partial charge in [0.05, 0.1) is 6.20 Å². The van der Waals surface area contributed by atoms with Crippen molar-refractivity contribution in [3.63, 3.8) is 0 Å². The van der Waals surface area contributed by atoms with Crippen LogP contribution in [0.15, 0.2) is 18.3 Å². The Bertz CT molecular complexity index is 406. The van der Waals surface area contributed by atoms with Gasteiger partial charge in [0.1, 0.15) is 0 Å². The summed E-state index contributed by atoms with van der Waals surface area (Å²) in [5.74, 6) is 0.835. The lowest BCUT2D eigenvalue weighted by atomic mass is 9.94. The summed E-state index contributed by atoms with van der Waals surface area (Å²) in [5.41, 5.74) is 2.68. The fraction of sp³-hybridized carbons (Fsp3) is 0.667. The zero-order chi connectivity index (χ0) is 13.0. The topological polar surface area (TPSA) is 21.1 Å². The van der Waals surface area contributed by atoms with E-state index in [0.29, 0.717) is 0 Å². The molecule has 1 heterocycles. The van der Waals surface area contributed by atoms with Crippen LogP contribution in [-0.2, 0) is 13.1 Å². The van der Waals surface area contributed by atoms with Crippen LogP contribution >= 0.6 is 0 Å². The smallest absolute Gasteiger partial charge is 0.0537 e. The van der Waals surface area contributed by atoms with Crippen molar-refractivity contribution in [2.24, 2.45) is 5.92 Å². The second-order valence-electron chi connectivity index (χ2n) is 5.42. The van der Waals surface area contributed by atoms with Crippen molar-refractivity contribution < 1.29 is 0 Å². The Morgan fingerprint density at radius 2 is 2.28 bits per heavy atom. The first-order valence-corrected chi connectivity index (χ1v) is 7.05. The molecule has 1 aliphatic rings. The average Bonchev–Trinajstić information content (AvgIpc) is 2.71. The van der Waals surface area contributed by atoms with Gasteiger partial charge >= 0.3 is 0 Å². The van der Waals surface area contributed by atoms with Gasteiger partial charge in [0.15, 0.2) is 0 Å². The lowest BCUT2D eigenvalue weighted by Crippen LogP contribution is -2.26. The number of aromatic nitrogens is 2. The first-order chi connectivity index (χ1) is 8.70. The molecule has 0 aromatic carbocycles. The minimum atomic E-state index is 0.835. The molecule has 1 aromatic heterocycles. The summed E-state index contributed by atoms with van der Waals surface area (Å²) in [6.07, 6.45) is 10.5. The Balaban J connectivity index is 1.88. The Labute approximate surface area is 110 Å². The maximum Gasteiger partial charge on any atom is 0.0537 e. The van der Waals surface area contributed by atoms with E-state index in [0.717, 1.165) is 19.0 Å². The maximum atomic E-state index is 4.41. The van der Waals surface area contributed by atoms with Crippen molar-refractivity contribution in [1.82, 2.24) is 14.7 Å². The molecule has 0 amide bonds. The van der Waals surface area contributed by atoms with Crippen molar-refractivity contribution in [2.45, 2.75) is 46.2 Å². The highest BCUT2D eigenvalue weighted by atomic mass is 15.3. The lowest BCUT2D eigenvalue weighted by molar-refractivity contribution is 0.258. The molecule has 0 spiro atoms. The molecule has 0 radical (unpaired) electrons. The van der Waals surface area contributed by atoms with Gasteiger partial charge in [-0.05, 0) is 46.1 Å². The Hall–Kier alpha value is -1.09. The lowest BCUT2D eigenvalue weighted by Gasteiger charge is -2.24. The molecule has 0 unspecified atom stereocenters. The summed E-state index contributed by atoms with van der Waals surface area (Å²) in [4.78, 5) is 2.44. The van der Waals surface area contributed by atoms with Gasteiger partial charge in [-0.2, -0.15) is 5.10 Å². The number of rotatable bonds is 5. The number of allylic oxidation sites excluding steroid dienone is 2. The van der Waals surface area contributed by atoms with E-state index in [4.69, 9.17) is 0 Å². The third-order valence-electron chi connectivity index (χ3n) is 3.89. The molecular formula is C15H25N3. The van der Waals surface area contributed by atoms with Crippen LogP contribution in [-0.4, -0.2) is 28.3 Å². The van der Waals surface area contributed by atoms with E-state index < -0.39 is 0 Å². The monoisotopic (exact) mass is 247 g/mol. The number of aryl methyl sites for hydroxylation is 1. The molecular weight excluding hydrogens is 222 g/mol. The van der Waals surface area contributed by atoms with E-state index in [9.17, 15) is 0 Å². The SMILES string of the molecule is CCn1ncc(CN(C)C[C@@H]2CC=CCC2)c1C. The minimum Gasteiger partial charge on any atom is -0.302 e. The van der Waals surface area contributed by atoms with Crippen LogP contribution in [0.5, 0.6) is 0 Å². The van der Waals surface area contributed by atoms with Crippen LogP contribution in [0, 0.1) is 12.8 Å². The van der Waals surface area contributed by atoms with E-state index in [2.05, 4.69) is 47.7 Å². The van der Waals surface area contributed by atoms with Crippen LogP contribution in [0.2, 0.25) is 0 Å². The fourth-order valence-corrected chi connectivity index (χ4v) is 2.78. The fourth-order valence-electron chi connectivity index (χ4n) is 2.78. The molecule has 0 saturated carbocycles. The van der Waals surface area contributed by atoms with Gasteiger partial charge in [-0.25, -0.2) is 0 Å². The number of nitrogens with zero attached hydrogens (tertiary/aromatic N) is 3. The number of hydrogen-bond donors (Lipinski definition) is 0. The molecule has 1 aromatic rings. The maximum absolute atomic E-state index is 4.41. The zero-order valence-electron chi connectivity index (χ0n) is 11.9. The Morgan fingerprint density at radius 3 is 2.89 bits per heavy atom. The standard InChI is InChI=1S/C15H25N3/c1-4-18-13(2)15(10-16-18)12-17(3)11-14-8-6-5-7-9-14/h5-6,10,14H,4,7-9,11-12H2,1-3H3/t14-/m1/s1. The highest BCUT2D eigenvalue weighted by molar-refractivity contribution is 5.15. The molecule has 1 aliphatic carbocycles. The first kappa shape index (κ1) is 13.3. The summed E-state index contributed by atoms with van der Waals surface area (Å²) in [6.45, 7) is 7.49. The summed E-state index contributed by atoms with van der Waals surface area (Å²) >= 11 is 0. The second kappa shape index (κ2) is 6.19. The number of hydrogen-bond acceptors (Lipinski definition) is 2. The van der Waals surface area contributed by atoms with Crippen LogP contribution < -0.4 is 0 Å². The van der Waals surface area contributed by atoms with Crippen molar-refractivity contribution in [3.05, 3.63) is 29.6 Å². The summed E-state index contributed by atoms with van der Waals surface area (Å²) < 4.78 is 2.08. The molecule has 3 nitrogen and oxygen atoms in total. The van der Waals surface area contributed by atoms with Gasteiger partial charge in [-0.1, -0.05) is 12.2 Å². The van der Waals surface area contributed by atoms with Gasteiger partial charge in [0, 0.05) is 30.9 Å². The third-order valence-corrected chi connectivity index (χ3v) is 3.89. The van der Waals surface area contributed by atoms with Crippen LogP contribution in [0.1, 0.15) is 37.4 Å². The second-order valence-corrected chi connectivity index (χ2v) is 5.42. The van der Waals surface area contributed by atoms with Crippen molar-refractivity contribution in [3.8, 4) is 0 Å². The quantitative estimate of drug-likeness (QED) is 0.746.